The van der Waals surface area contributed by atoms with Gasteiger partial charge in [-0.25, -0.2) is 4.79 Å². The summed E-state index contributed by atoms with van der Waals surface area (Å²) >= 11 is 1.45. The van der Waals surface area contributed by atoms with Gasteiger partial charge in [-0.1, -0.05) is 13.8 Å². The molecule has 3 aromatic rings. The molecule has 0 bridgehead atoms. The van der Waals surface area contributed by atoms with Gasteiger partial charge in [-0.05, 0) is 43.4 Å². The highest BCUT2D eigenvalue weighted by Gasteiger charge is 2.29. The van der Waals surface area contributed by atoms with Gasteiger partial charge in [0, 0.05) is 36.6 Å². The number of fused-ring (bicyclic) bond motifs is 3. The number of carbonyl (C=O) groups excluding carboxylic acids is 1. The van der Waals surface area contributed by atoms with Gasteiger partial charge in [-0.3, -0.25) is 14.3 Å². The predicted octanol–water partition coefficient (Wildman–Crippen LogP) is 4.11. The van der Waals surface area contributed by atoms with E-state index in [0.29, 0.717) is 33.7 Å². The van der Waals surface area contributed by atoms with Gasteiger partial charge in [0.2, 0.25) is 0 Å². The van der Waals surface area contributed by atoms with E-state index >= 15 is 0 Å². The van der Waals surface area contributed by atoms with E-state index < -0.39 is 5.69 Å². The number of nitrogens with one attached hydrogen (secondary N) is 1. The number of aryl methyl sites for hydroxylation is 1. The molecule has 1 aliphatic carbocycles. The Morgan fingerprint density at radius 1 is 1.18 bits per heavy atom. The summed E-state index contributed by atoms with van der Waals surface area (Å²) in [6, 6.07) is 5.26. The molecule has 2 heterocycles. The molecule has 9 heteroatoms. The molecule has 0 aliphatic heterocycles. The van der Waals surface area contributed by atoms with Crippen molar-refractivity contribution in [1.29, 1.82) is 0 Å². The van der Waals surface area contributed by atoms with Crippen LogP contribution in [-0.2, 0) is 22.5 Å². The van der Waals surface area contributed by atoms with Gasteiger partial charge in [-0.15, -0.1) is 11.3 Å². The minimum absolute atomic E-state index is 0.0452. The number of hydrogen-bond acceptors (Lipinski definition) is 7. The smallest absolute Gasteiger partial charge is 0.329 e. The number of methoxy groups -OCH3 is 3. The largest absolute Gasteiger partial charge is 0.497 e. The lowest BCUT2D eigenvalue weighted by Gasteiger charge is -2.12. The summed E-state index contributed by atoms with van der Waals surface area (Å²) in [6.45, 7) is 6.86. The van der Waals surface area contributed by atoms with Crippen LogP contribution >= 0.6 is 11.3 Å². The van der Waals surface area contributed by atoms with E-state index in [9.17, 15) is 14.4 Å². The number of thiophene rings is 1. The molecule has 0 saturated heterocycles. The van der Waals surface area contributed by atoms with Gasteiger partial charge >= 0.3 is 5.69 Å². The summed E-state index contributed by atoms with van der Waals surface area (Å²) in [4.78, 5) is 41.4. The first-order valence-corrected chi connectivity index (χ1v) is 12.2. The first-order valence-electron chi connectivity index (χ1n) is 11.4. The molecule has 1 aromatic carbocycles. The van der Waals surface area contributed by atoms with Gasteiger partial charge in [0.25, 0.3) is 5.56 Å². The Morgan fingerprint density at radius 2 is 1.88 bits per heavy atom. The average molecular weight is 491 g/mol. The molecule has 0 fully saturated rings. The average Bonchev–Trinajstić information content (AvgIpc) is 3.42. The second kappa shape index (κ2) is 13.1. The number of nitrogens with zero attached hydrogens (tertiary/aromatic N) is 1. The number of H-pyrrole nitrogens is 1. The zero-order valence-electron chi connectivity index (χ0n) is 20.7. The van der Waals surface area contributed by atoms with Crippen LogP contribution in [0.15, 0.2) is 27.8 Å². The van der Waals surface area contributed by atoms with Crippen LogP contribution in [0.25, 0.3) is 10.2 Å². The van der Waals surface area contributed by atoms with Gasteiger partial charge in [0.15, 0.2) is 0 Å². The molecule has 1 aliphatic rings. The van der Waals surface area contributed by atoms with Crippen LogP contribution in [0.2, 0.25) is 0 Å². The van der Waals surface area contributed by atoms with Crippen LogP contribution in [0, 0.1) is 0 Å². The van der Waals surface area contributed by atoms with E-state index in [2.05, 4.69) is 9.72 Å². The molecule has 2 aromatic heterocycles. The number of benzene rings is 1. The molecule has 8 nitrogen and oxygen atoms in total. The summed E-state index contributed by atoms with van der Waals surface area (Å²) in [6.07, 6.45) is 2.99. The van der Waals surface area contributed by atoms with Crippen molar-refractivity contribution < 1.29 is 19.0 Å². The SMILES string of the molecule is CC.CCOC.COc1ccc(Cn2c(=O)[nH]c3sc4c(c3c2=O)C(CC=O)CC4)c(OC)c1. The normalized spacial score (nSPS) is 13.9. The van der Waals surface area contributed by atoms with Gasteiger partial charge < -0.3 is 19.0 Å². The molecule has 186 valence electrons. The van der Waals surface area contributed by atoms with E-state index in [4.69, 9.17) is 9.47 Å². The number of aldehydes is 1. The monoisotopic (exact) mass is 490 g/mol. The highest BCUT2D eigenvalue weighted by Crippen LogP contribution is 2.42. The zero-order valence-corrected chi connectivity index (χ0v) is 21.5. The highest BCUT2D eigenvalue weighted by atomic mass is 32.1. The molecule has 0 radical (unpaired) electrons. The Hall–Kier alpha value is -2.91. The molecule has 1 unspecified atom stereocenters. The Morgan fingerprint density at radius 3 is 2.47 bits per heavy atom. The number of aromatic nitrogens is 2. The van der Waals surface area contributed by atoms with E-state index in [0.717, 1.165) is 36.2 Å². The van der Waals surface area contributed by atoms with Crippen LogP contribution in [0.3, 0.4) is 0 Å². The van der Waals surface area contributed by atoms with Crippen molar-refractivity contribution >= 4 is 27.8 Å². The number of carbonyl (C=O) groups is 1. The van der Waals surface area contributed by atoms with Crippen LogP contribution in [-0.4, -0.2) is 43.8 Å². The summed E-state index contributed by atoms with van der Waals surface area (Å²) in [5.41, 5.74) is 0.851. The first-order chi connectivity index (χ1) is 16.5. The number of rotatable bonds is 7. The lowest BCUT2D eigenvalue weighted by Crippen LogP contribution is -2.35. The summed E-state index contributed by atoms with van der Waals surface area (Å²) < 4.78 is 16.3. The Labute approximate surface area is 203 Å². The van der Waals surface area contributed by atoms with Crippen molar-refractivity contribution in [3.05, 3.63) is 55.0 Å². The van der Waals surface area contributed by atoms with Crippen molar-refractivity contribution in [2.75, 3.05) is 27.9 Å². The van der Waals surface area contributed by atoms with E-state index in [1.807, 2.05) is 20.8 Å². The number of aromatic amines is 1. The van der Waals surface area contributed by atoms with Gasteiger partial charge in [0.05, 0.1) is 26.2 Å². The molecular weight excluding hydrogens is 456 g/mol. The number of hydrogen-bond donors (Lipinski definition) is 1. The second-order valence-corrected chi connectivity index (χ2v) is 8.46. The molecule has 4 rings (SSSR count). The lowest BCUT2D eigenvalue weighted by molar-refractivity contribution is -0.108. The van der Waals surface area contributed by atoms with Crippen molar-refractivity contribution in [1.82, 2.24) is 9.55 Å². The van der Waals surface area contributed by atoms with Crippen molar-refractivity contribution in [2.45, 2.75) is 52.5 Å². The highest BCUT2D eigenvalue weighted by molar-refractivity contribution is 7.18. The van der Waals surface area contributed by atoms with Crippen molar-refractivity contribution in [3.63, 3.8) is 0 Å². The first kappa shape index (κ1) is 27.3. The van der Waals surface area contributed by atoms with Crippen molar-refractivity contribution in [3.8, 4) is 11.5 Å². The quantitative estimate of drug-likeness (QED) is 0.500. The predicted molar refractivity (Wildman–Crippen MR) is 136 cm³/mol. The van der Waals surface area contributed by atoms with E-state index in [-0.39, 0.29) is 18.0 Å². The Balaban J connectivity index is 0.000000618. The lowest BCUT2D eigenvalue weighted by atomic mass is 9.98. The van der Waals surface area contributed by atoms with Gasteiger partial charge in [-0.2, -0.15) is 0 Å². The maximum atomic E-state index is 13.2. The summed E-state index contributed by atoms with van der Waals surface area (Å²) in [5, 5.41) is 0.538. The minimum atomic E-state index is -0.456. The van der Waals surface area contributed by atoms with Crippen LogP contribution < -0.4 is 20.7 Å². The van der Waals surface area contributed by atoms with Gasteiger partial charge in [0.1, 0.15) is 22.6 Å². The minimum Gasteiger partial charge on any atom is -0.497 e. The molecule has 1 atom stereocenters. The summed E-state index contributed by atoms with van der Waals surface area (Å²) in [5.74, 6) is 1.22. The third kappa shape index (κ3) is 5.77. The second-order valence-electron chi connectivity index (χ2n) is 7.36. The molecule has 0 amide bonds. The van der Waals surface area contributed by atoms with Crippen LogP contribution in [0.4, 0.5) is 0 Å². The molecule has 34 heavy (non-hydrogen) atoms. The Kier molecular flexibility index (Phi) is 10.5. The maximum absolute atomic E-state index is 13.2. The fourth-order valence-electron chi connectivity index (χ4n) is 3.90. The summed E-state index contributed by atoms with van der Waals surface area (Å²) in [7, 11) is 4.77. The fourth-order valence-corrected chi connectivity index (χ4v) is 5.18. The van der Waals surface area contributed by atoms with Crippen molar-refractivity contribution in [2.24, 2.45) is 0 Å². The number of ether oxygens (including phenoxy) is 3. The topological polar surface area (TPSA) is 99.6 Å². The van der Waals surface area contributed by atoms with E-state index in [1.54, 1.807) is 32.4 Å². The molecular formula is C25H34N2O6S. The third-order valence-corrected chi connectivity index (χ3v) is 6.75. The molecule has 0 saturated carbocycles. The zero-order chi connectivity index (χ0) is 25.3. The molecule has 1 N–H and O–H groups in total. The van der Waals surface area contributed by atoms with Crippen LogP contribution in [0.5, 0.6) is 11.5 Å². The maximum Gasteiger partial charge on any atom is 0.329 e. The van der Waals surface area contributed by atoms with Crippen LogP contribution in [0.1, 0.15) is 55.5 Å². The van der Waals surface area contributed by atoms with E-state index in [1.165, 1.54) is 23.0 Å². The standard InChI is InChI=1S/C20H20N2O5S.C3H8O.C2H6/c1-26-13-5-3-12(14(9-13)27-2)10-22-19(24)17-16-11(7-8-23)4-6-15(16)28-18(17)21-20(22)25;1-3-4-2;1-2/h3,5,8-9,11H,4,6-7,10H2,1-2H3,(H,21,25);3H2,1-2H3;1-2H3. The third-order valence-electron chi connectivity index (χ3n) is 5.57. The Bertz CT molecular complexity index is 1210. The fraction of sp³-hybridized carbons (Fsp3) is 0.480. The molecule has 0 spiro atoms.